The zero-order valence-electron chi connectivity index (χ0n) is 10.5. The monoisotopic (exact) mass is 279 g/mol. The van der Waals surface area contributed by atoms with Gasteiger partial charge in [-0.1, -0.05) is 12.1 Å². The number of rotatable bonds is 2. The van der Waals surface area contributed by atoms with E-state index in [1.54, 1.807) is 13.1 Å². The average Bonchev–Trinajstić information content (AvgIpc) is 2.67. The van der Waals surface area contributed by atoms with Gasteiger partial charge in [0.2, 0.25) is 0 Å². The van der Waals surface area contributed by atoms with E-state index < -0.39 is 5.60 Å². The van der Waals surface area contributed by atoms with Gasteiger partial charge in [0.05, 0.1) is 17.9 Å². The third kappa shape index (κ3) is 2.01. The maximum atomic E-state index is 11.9. The van der Waals surface area contributed by atoms with Crippen LogP contribution in [-0.2, 0) is 6.54 Å². The summed E-state index contributed by atoms with van der Waals surface area (Å²) in [5.41, 5.74) is 0.452. The largest absolute Gasteiger partial charge is 0.488 e. The molecule has 3 rings (SSSR count). The van der Waals surface area contributed by atoms with E-state index in [0.717, 1.165) is 10.9 Å². The van der Waals surface area contributed by atoms with Crippen molar-refractivity contribution in [2.45, 2.75) is 19.1 Å². The quantitative estimate of drug-likeness (QED) is 0.677. The van der Waals surface area contributed by atoms with Gasteiger partial charge in [0.25, 0.3) is 0 Å². The van der Waals surface area contributed by atoms with Gasteiger partial charge in [0, 0.05) is 17.1 Å². The fourth-order valence-corrected chi connectivity index (χ4v) is 2.65. The normalized spacial score (nSPS) is 22.1. The van der Waals surface area contributed by atoms with Gasteiger partial charge in [0.1, 0.15) is 18.0 Å². The number of aliphatic hydroxyl groups is 1. The van der Waals surface area contributed by atoms with Crippen LogP contribution in [0.4, 0.5) is 0 Å². The highest BCUT2D eigenvalue weighted by molar-refractivity contribution is 6.32. The van der Waals surface area contributed by atoms with Crippen LogP contribution < -0.4 is 4.74 Å². The van der Waals surface area contributed by atoms with Crippen molar-refractivity contribution >= 4 is 28.3 Å². The number of carbonyl (C=O) groups excluding carboxylic acids is 1. The summed E-state index contributed by atoms with van der Waals surface area (Å²) in [5.74, 6) is 0.507. The second-order valence-electron chi connectivity index (χ2n) is 5.17. The lowest BCUT2D eigenvalue weighted by molar-refractivity contribution is 0.00295. The van der Waals surface area contributed by atoms with Crippen LogP contribution in [0.25, 0.3) is 10.9 Å². The number of hydrogen-bond donors (Lipinski definition) is 1. The smallest absolute Gasteiger partial charge is 0.179 e. The highest BCUT2D eigenvalue weighted by Crippen LogP contribution is 2.34. The molecule has 0 radical (unpaired) electrons. The molecule has 0 spiro atoms. The SMILES string of the molecule is CC1(O)COc2cccc3c(C(=O)CCl)cn(c23)C1. The molecular weight excluding hydrogens is 266 g/mol. The summed E-state index contributed by atoms with van der Waals surface area (Å²) in [6, 6.07) is 5.56. The van der Waals surface area contributed by atoms with Crippen LogP contribution >= 0.6 is 11.6 Å². The number of ether oxygens (including phenoxy) is 1. The number of halogens is 1. The number of ketones is 1. The fourth-order valence-electron chi connectivity index (χ4n) is 2.51. The Labute approximate surface area is 115 Å². The number of alkyl halides is 1. The summed E-state index contributed by atoms with van der Waals surface area (Å²) in [4.78, 5) is 11.9. The molecule has 1 aromatic carbocycles. The van der Waals surface area contributed by atoms with Crippen LogP contribution in [-0.4, -0.2) is 33.5 Å². The topological polar surface area (TPSA) is 51.5 Å². The van der Waals surface area contributed by atoms with Crippen LogP contribution in [0.15, 0.2) is 24.4 Å². The number of Topliss-reactive ketones (excluding diaryl/α,β-unsaturated/α-hetero) is 1. The Morgan fingerprint density at radius 1 is 1.58 bits per heavy atom. The maximum absolute atomic E-state index is 11.9. The van der Waals surface area contributed by atoms with Crippen molar-refractivity contribution in [3.63, 3.8) is 0 Å². The zero-order valence-corrected chi connectivity index (χ0v) is 11.3. The first kappa shape index (κ1) is 12.5. The standard InChI is InChI=1S/C14H14ClNO3/c1-14(18)7-16-6-10(11(17)5-15)9-3-2-4-12(13(9)16)19-8-14/h2-4,6,18H,5,7-8H2,1H3. The van der Waals surface area contributed by atoms with E-state index in [2.05, 4.69) is 0 Å². The van der Waals surface area contributed by atoms with Crippen molar-refractivity contribution in [1.82, 2.24) is 4.57 Å². The first-order valence-electron chi connectivity index (χ1n) is 6.08. The summed E-state index contributed by atoms with van der Waals surface area (Å²) < 4.78 is 7.52. The molecule has 1 aromatic heterocycles. The van der Waals surface area contributed by atoms with Gasteiger partial charge >= 0.3 is 0 Å². The van der Waals surface area contributed by atoms with Crippen molar-refractivity contribution in [3.8, 4) is 5.75 Å². The average molecular weight is 280 g/mol. The molecule has 0 saturated carbocycles. The van der Waals surface area contributed by atoms with Crippen molar-refractivity contribution in [1.29, 1.82) is 0 Å². The molecule has 0 fully saturated rings. The van der Waals surface area contributed by atoms with E-state index in [4.69, 9.17) is 16.3 Å². The van der Waals surface area contributed by atoms with E-state index >= 15 is 0 Å². The van der Waals surface area contributed by atoms with Gasteiger partial charge in [0.15, 0.2) is 5.78 Å². The number of carbonyl (C=O) groups is 1. The molecule has 0 aliphatic carbocycles. The molecule has 4 nitrogen and oxygen atoms in total. The maximum Gasteiger partial charge on any atom is 0.179 e. The van der Waals surface area contributed by atoms with Crippen molar-refractivity contribution < 1.29 is 14.6 Å². The Hall–Kier alpha value is -1.52. The summed E-state index contributed by atoms with van der Waals surface area (Å²) >= 11 is 5.64. The highest BCUT2D eigenvalue weighted by Gasteiger charge is 2.29. The lowest BCUT2D eigenvalue weighted by Gasteiger charge is -2.20. The molecule has 5 heteroatoms. The molecule has 0 amide bonds. The summed E-state index contributed by atoms with van der Waals surface area (Å²) in [6.45, 7) is 2.33. The third-order valence-electron chi connectivity index (χ3n) is 3.33. The molecule has 1 aliphatic heterocycles. The van der Waals surface area contributed by atoms with Gasteiger partial charge in [-0.05, 0) is 13.0 Å². The molecule has 2 aromatic rings. The Balaban J connectivity index is 2.27. The molecule has 1 unspecified atom stereocenters. The summed E-state index contributed by atoms with van der Waals surface area (Å²) in [5, 5.41) is 11.0. The fraction of sp³-hybridized carbons (Fsp3) is 0.357. The minimum atomic E-state index is -0.966. The Bertz CT molecular complexity index is 660. The molecular formula is C14H14ClNO3. The van der Waals surface area contributed by atoms with Crippen LogP contribution in [0, 0.1) is 0 Å². The van der Waals surface area contributed by atoms with E-state index in [1.165, 1.54) is 0 Å². The minimum Gasteiger partial charge on any atom is -0.488 e. The Morgan fingerprint density at radius 3 is 3.11 bits per heavy atom. The highest BCUT2D eigenvalue weighted by atomic mass is 35.5. The molecule has 0 bridgehead atoms. The minimum absolute atomic E-state index is 0.0550. The van der Waals surface area contributed by atoms with Crippen molar-refractivity contribution in [2.24, 2.45) is 0 Å². The van der Waals surface area contributed by atoms with E-state index in [9.17, 15) is 9.90 Å². The molecule has 1 aliphatic rings. The molecule has 1 N–H and O–H groups in total. The number of aromatic nitrogens is 1. The second-order valence-corrected chi connectivity index (χ2v) is 5.43. The van der Waals surface area contributed by atoms with Gasteiger partial charge in [-0.3, -0.25) is 4.79 Å². The molecule has 0 saturated heterocycles. The van der Waals surface area contributed by atoms with Crippen molar-refractivity contribution in [3.05, 3.63) is 30.0 Å². The lowest BCUT2D eigenvalue weighted by Crippen LogP contribution is -2.35. The first-order chi connectivity index (χ1) is 9.02. The van der Waals surface area contributed by atoms with Crippen LogP contribution in [0.5, 0.6) is 5.75 Å². The third-order valence-corrected chi connectivity index (χ3v) is 3.58. The van der Waals surface area contributed by atoms with Gasteiger partial charge < -0.3 is 14.4 Å². The van der Waals surface area contributed by atoms with E-state index in [1.807, 2.05) is 22.8 Å². The van der Waals surface area contributed by atoms with E-state index in [-0.39, 0.29) is 18.3 Å². The predicted octanol–water partition coefficient (Wildman–Crippen LogP) is 2.21. The Morgan fingerprint density at radius 2 is 2.37 bits per heavy atom. The van der Waals surface area contributed by atoms with Gasteiger partial charge in [-0.25, -0.2) is 0 Å². The van der Waals surface area contributed by atoms with Crippen molar-refractivity contribution in [2.75, 3.05) is 12.5 Å². The van der Waals surface area contributed by atoms with Crippen LogP contribution in [0.1, 0.15) is 17.3 Å². The molecule has 19 heavy (non-hydrogen) atoms. The number of para-hydroxylation sites is 1. The molecule has 1 atom stereocenters. The van der Waals surface area contributed by atoms with Gasteiger partial charge in [-0.2, -0.15) is 0 Å². The van der Waals surface area contributed by atoms with E-state index in [0.29, 0.717) is 17.9 Å². The molecule has 100 valence electrons. The molecule has 2 heterocycles. The number of hydrogen-bond acceptors (Lipinski definition) is 3. The summed E-state index contributed by atoms with van der Waals surface area (Å²) in [7, 11) is 0. The summed E-state index contributed by atoms with van der Waals surface area (Å²) in [6.07, 6.45) is 1.75. The number of nitrogens with zero attached hydrogens (tertiary/aromatic N) is 1. The van der Waals surface area contributed by atoms with Crippen LogP contribution in [0.2, 0.25) is 0 Å². The Kier molecular flexibility index (Phi) is 2.80. The lowest BCUT2D eigenvalue weighted by atomic mass is 10.1. The number of benzene rings is 1. The predicted molar refractivity (Wildman–Crippen MR) is 73.1 cm³/mol. The van der Waals surface area contributed by atoms with Crippen LogP contribution in [0.3, 0.4) is 0 Å². The van der Waals surface area contributed by atoms with Gasteiger partial charge in [-0.15, -0.1) is 11.6 Å². The second kappa shape index (κ2) is 4.25. The first-order valence-corrected chi connectivity index (χ1v) is 6.61. The zero-order chi connectivity index (χ0) is 13.6.